The average molecular weight is 401 g/mol. The summed E-state index contributed by atoms with van der Waals surface area (Å²) < 4.78 is 14.0. The molecule has 0 aliphatic carbocycles. The molecule has 142 valence electrons. The number of fused-ring (bicyclic) bond motifs is 1. The minimum atomic E-state index is -1.79. The number of halogens is 2. The Morgan fingerprint density at radius 2 is 2.00 bits per heavy atom. The van der Waals surface area contributed by atoms with E-state index in [4.69, 9.17) is 17.3 Å². The summed E-state index contributed by atoms with van der Waals surface area (Å²) in [6.07, 6.45) is 0. The summed E-state index contributed by atoms with van der Waals surface area (Å²) in [7, 11) is 0. The molecule has 5 N–H and O–H groups in total. The fraction of sp³-hybridized carbons (Fsp3) is 0.111. The van der Waals surface area contributed by atoms with E-state index in [1.54, 1.807) is 24.3 Å². The van der Waals surface area contributed by atoms with E-state index in [1.165, 1.54) is 12.1 Å². The van der Waals surface area contributed by atoms with Crippen LogP contribution in [-0.4, -0.2) is 34.2 Å². The number of primary amides is 1. The second-order valence-corrected chi connectivity index (χ2v) is 6.52. The van der Waals surface area contributed by atoms with Gasteiger partial charge in [0.2, 0.25) is 5.54 Å². The van der Waals surface area contributed by atoms with E-state index in [-0.39, 0.29) is 28.9 Å². The van der Waals surface area contributed by atoms with Crippen LogP contribution in [0.5, 0.6) is 0 Å². The van der Waals surface area contributed by atoms with Crippen LogP contribution in [0.4, 0.5) is 10.1 Å². The van der Waals surface area contributed by atoms with Crippen LogP contribution in [0.25, 0.3) is 11.0 Å². The van der Waals surface area contributed by atoms with Gasteiger partial charge in [0.1, 0.15) is 17.4 Å². The first-order valence-electron chi connectivity index (χ1n) is 8.24. The molecular weight excluding hydrogens is 387 g/mol. The van der Waals surface area contributed by atoms with Crippen LogP contribution < -0.4 is 16.4 Å². The molecule has 0 spiro atoms. The highest BCUT2D eigenvalue weighted by atomic mass is 35.5. The molecule has 0 saturated carbocycles. The summed E-state index contributed by atoms with van der Waals surface area (Å²) in [4.78, 5) is 36.8. The van der Waals surface area contributed by atoms with E-state index < -0.39 is 23.2 Å². The van der Waals surface area contributed by atoms with Gasteiger partial charge in [0.15, 0.2) is 0 Å². The van der Waals surface area contributed by atoms with Gasteiger partial charge in [-0.15, -0.1) is 0 Å². The maximum Gasteiger partial charge on any atom is 0.272 e. The fourth-order valence-electron chi connectivity index (χ4n) is 3.12. The van der Waals surface area contributed by atoms with E-state index in [9.17, 15) is 14.0 Å². The standard InChI is InChI=1S/C18H14ClFN6O2/c19-9-4-3-5-10(20)13(9)26-15(27)14-18(16(21)28,23-8-22-14)17-24-11-6-1-2-7-12(11)25-17/h1-7,23H,8H2,(H2,21,28)(H,24,25)(H,26,27). The first kappa shape index (κ1) is 18.1. The van der Waals surface area contributed by atoms with Crippen molar-refractivity contribution in [2.75, 3.05) is 12.0 Å². The zero-order chi connectivity index (χ0) is 19.9. The second-order valence-electron chi connectivity index (χ2n) is 6.11. The molecule has 0 radical (unpaired) electrons. The number of carbonyl (C=O) groups is 2. The molecule has 1 aliphatic heterocycles. The van der Waals surface area contributed by atoms with Crippen LogP contribution in [0.3, 0.4) is 0 Å². The molecule has 1 unspecified atom stereocenters. The number of aromatic amines is 1. The third-order valence-electron chi connectivity index (χ3n) is 4.47. The first-order chi connectivity index (χ1) is 13.4. The van der Waals surface area contributed by atoms with Gasteiger partial charge in [-0.2, -0.15) is 0 Å². The Labute approximate surface area is 163 Å². The summed E-state index contributed by atoms with van der Waals surface area (Å²) in [5, 5.41) is 5.21. The van der Waals surface area contributed by atoms with Crippen LogP contribution in [0.15, 0.2) is 47.5 Å². The predicted octanol–water partition coefficient (Wildman–Crippen LogP) is 1.68. The molecule has 1 atom stereocenters. The topological polar surface area (TPSA) is 125 Å². The number of aromatic nitrogens is 2. The van der Waals surface area contributed by atoms with Crippen molar-refractivity contribution >= 4 is 45.8 Å². The highest BCUT2D eigenvalue weighted by Gasteiger charge is 2.52. The summed E-state index contributed by atoms with van der Waals surface area (Å²) in [5.74, 6) is -2.30. The largest absolute Gasteiger partial charge is 0.367 e. The van der Waals surface area contributed by atoms with Crippen LogP contribution >= 0.6 is 11.6 Å². The van der Waals surface area contributed by atoms with Crippen LogP contribution in [-0.2, 0) is 15.1 Å². The van der Waals surface area contributed by atoms with Gasteiger partial charge in [-0.05, 0) is 24.3 Å². The Bertz CT molecular complexity index is 1090. The van der Waals surface area contributed by atoms with Crippen molar-refractivity contribution in [3.8, 4) is 0 Å². The fourth-order valence-corrected chi connectivity index (χ4v) is 3.33. The lowest BCUT2D eigenvalue weighted by molar-refractivity contribution is -0.123. The Hall–Kier alpha value is -3.30. The number of nitrogens with one attached hydrogen (secondary N) is 3. The van der Waals surface area contributed by atoms with E-state index in [0.717, 1.165) is 6.07 Å². The molecule has 2 heterocycles. The van der Waals surface area contributed by atoms with E-state index in [1.807, 2.05) is 0 Å². The SMILES string of the molecule is NC(=O)C1(c2nc3ccccc3[nH]2)NCN=C1C(=O)Nc1c(F)cccc1Cl. The smallest absolute Gasteiger partial charge is 0.272 e. The molecule has 28 heavy (non-hydrogen) atoms. The molecule has 1 aliphatic rings. The number of hydrogen-bond acceptors (Lipinski definition) is 5. The van der Waals surface area contributed by atoms with E-state index >= 15 is 0 Å². The number of H-pyrrole nitrogens is 1. The number of rotatable bonds is 4. The summed E-state index contributed by atoms with van der Waals surface area (Å²) in [5.41, 5.74) is 4.64. The van der Waals surface area contributed by atoms with Crippen molar-refractivity contribution in [3.63, 3.8) is 0 Å². The minimum Gasteiger partial charge on any atom is -0.367 e. The third-order valence-corrected chi connectivity index (χ3v) is 4.78. The lowest BCUT2D eigenvalue weighted by Crippen LogP contribution is -2.58. The molecule has 1 aromatic heterocycles. The van der Waals surface area contributed by atoms with Gasteiger partial charge in [-0.1, -0.05) is 29.8 Å². The summed E-state index contributed by atoms with van der Waals surface area (Å²) >= 11 is 5.96. The summed E-state index contributed by atoms with van der Waals surface area (Å²) in [6, 6.07) is 11.1. The van der Waals surface area contributed by atoms with Gasteiger partial charge in [-0.3, -0.25) is 19.9 Å². The Morgan fingerprint density at radius 1 is 1.21 bits per heavy atom. The first-order valence-corrected chi connectivity index (χ1v) is 8.61. The Kier molecular flexibility index (Phi) is 4.33. The van der Waals surface area contributed by atoms with Crippen molar-refractivity contribution < 1.29 is 14.0 Å². The third kappa shape index (κ3) is 2.72. The average Bonchev–Trinajstić information content (AvgIpc) is 3.29. The molecule has 0 fully saturated rings. The normalized spacial score (nSPS) is 18.9. The number of imidazole rings is 1. The zero-order valence-electron chi connectivity index (χ0n) is 14.3. The second kappa shape index (κ2) is 6.70. The number of amides is 2. The lowest BCUT2D eigenvalue weighted by atomic mass is 9.91. The van der Waals surface area contributed by atoms with Crippen LogP contribution in [0.2, 0.25) is 5.02 Å². The minimum absolute atomic E-state index is 0.00770. The molecule has 0 saturated heterocycles. The van der Waals surface area contributed by atoms with E-state index in [2.05, 4.69) is 25.6 Å². The number of para-hydroxylation sites is 3. The lowest BCUT2D eigenvalue weighted by Gasteiger charge is -2.25. The number of benzene rings is 2. The van der Waals surface area contributed by atoms with Crippen LogP contribution in [0.1, 0.15) is 5.82 Å². The summed E-state index contributed by atoms with van der Waals surface area (Å²) in [6.45, 7) is -0.0479. The number of anilines is 1. The highest BCUT2D eigenvalue weighted by Crippen LogP contribution is 2.29. The van der Waals surface area contributed by atoms with Gasteiger partial charge in [0.05, 0.1) is 28.4 Å². The van der Waals surface area contributed by atoms with Gasteiger partial charge in [0.25, 0.3) is 11.8 Å². The molecule has 2 aromatic carbocycles. The highest BCUT2D eigenvalue weighted by molar-refractivity contribution is 6.50. The van der Waals surface area contributed by atoms with E-state index in [0.29, 0.717) is 11.0 Å². The van der Waals surface area contributed by atoms with Gasteiger partial charge in [-0.25, -0.2) is 9.37 Å². The van der Waals surface area contributed by atoms with Gasteiger partial charge in [0, 0.05) is 0 Å². The van der Waals surface area contributed by atoms with Crippen molar-refractivity contribution in [2.24, 2.45) is 10.7 Å². The van der Waals surface area contributed by atoms with Crippen molar-refractivity contribution in [2.45, 2.75) is 5.54 Å². The van der Waals surface area contributed by atoms with Crippen molar-refractivity contribution in [3.05, 3.63) is 59.1 Å². The van der Waals surface area contributed by atoms with Gasteiger partial charge >= 0.3 is 0 Å². The zero-order valence-corrected chi connectivity index (χ0v) is 15.0. The van der Waals surface area contributed by atoms with Gasteiger partial charge < -0.3 is 16.0 Å². The maximum atomic E-state index is 14.0. The quantitative estimate of drug-likeness (QED) is 0.531. The number of nitrogens with zero attached hydrogens (tertiary/aromatic N) is 2. The maximum absolute atomic E-state index is 14.0. The van der Waals surface area contributed by atoms with Crippen molar-refractivity contribution in [1.29, 1.82) is 0 Å². The number of aliphatic imine (C=N–C) groups is 1. The van der Waals surface area contributed by atoms with Crippen molar-refractivity contribution in [1.82, 2.24) is 15.3 Å². The molecule has 8 nitrogen and oxygen atoms in total. The number of hydrogen-bond donors (Lipinski definition) is 4. The molecule has 4 rings (SSSR count). The Morgan fingerprint density at radius 3 is 2.71 bits per heavy atom. The van der Waals surface area contributed by atoms with Crippen LogP contribution in [0, 0.1) is 5.82 Å². The molecule has 0 bridgehead atoms. The number of carbonyl (C=O) groups excluding carboxylic acids is 2. The molecular formula is C18H14ClFN6O2. The molecule has 10 heteroatoms. The molecule has 2 amide bonds. The molecule has 3 aromatic rings. The number of nitrogens with two attached hydrogens (primary N) is 1. The Balaban J connectivity index is 1.77. The predicted molar refractivity (Wildman–Crippen MR) is 102 cm³/mol. The monoisotopic (exact) mass is 400 g/mol.